The van der Waals surface area contributed by atoms with Gasteiger partial charge in [0.15, 0.2) is 0 Å². The van der Waals surface area contributed by atoms with Crippen molar-refractivity contribution in [3.05, 3.63) is 40.5 Å². The Morgan fingerprint density at radius 3 is 2.64 bits per heavy atom. The zero-order valence-electron chi connectivity index (χ0n) is 12.1. The van der Waals surface area contributed by atoms with Crippen molar-refractivity contribution in [2.75, 3.05) is 13.1 Å². The number of benzene rings is 1. The van der Waals surface area contributed by atoms with E-state index in [0.717, 1.165) is 0 Å². The molecular weight excluding hydrogens is 310 g/mol. The lowest BCUT2D eigenvalue weighted by atomic mass is 10.0. The van der Waals surface area contributed by atoms with Gasteiger partial charge < -0.3 is 4.90 Å². The Labute approximate surface area is 131 Å². The highest BCUT2D eigenvalue weighted by Gasteiger charge is 2.36. The lowest BCUT2D eigenvalue weighted by molar-refractivity contribution is -0.0493. The quantitative estimate of drug-likeness (QED) is 0.792. The molecule has 1 amide bonds. The number of alkyl halides is 2. The number of halogens is 3. The van der Waals surface area contributed by atoms with E-state index in [2.05, 4.69) is 4.98 Å². The first-order valence-corrected chi connectivity index (χ1v) is 7.47. The second-order valence-corrected chi connectivity index (χ2v) is 6.06. The number of aryl methyl sites for hydroxylation is 1. The number of aromatic nitrogens is 1. The summed E-state index contributed by atoms with van der Waals surface area (Å²) in [4.78, 5) is 18.5. The molecule has 1 aromatic carbocycles. The molecule has 2 heterocycles. The van der Waals surface area contributed by atoms with Crippen molar-refractivity contribution < 1.29 is 13.6 Å². The molecule has 0 aliphatic carbocycles. The predicted octanol–water partition coefficient (Wildman–Crippen LogP) is 4.07. The van der Waals surface area contributed by atoms with Gasteiger partial charge in [0.25, 0.3) is 11.8 Å². The SMILES string of the molecule is Cc1cc(C(=O)N2CCC(F)(F)CC2)c2ccc(Cl)cc2n1. The van der Waals surface area contributed by atoms with E-state index < -0.39 is 5.92 Å². The smallest absolute Gasteiger partial charge is 0.254 e. The summed E-state index contributed by atoms with van der Waals surface area (Å²) >= 11 is 5.96. The second-order valence-electron chi connectivity index (χ2n) is 5.62. The number of carbonyl (C=O) groups is 1. The molecule has 0 atom stereocenters. The first-order valence-electron chi connectivity index (χ1n) is 7.10. The van der Waals surface area contributed by atoms with E-state index in [1.54, 1.807) is 31.2 Å². The summed E-state index contributed by atoms with van der Waals surface area (Å²) in [6.07, 6.45) is -0.570. The van der Waals surface area contributed by atoms with Crippen LogP contribution in [-0.4, -0.2) is 34.8 Å². The highest BCUT2D eigenvalue weighted by molar-refractivity contribution is 6.31. The fraction of sp³-hybridized carbons (Fsp3) is 0.375. The summed E-state index contributed by atoms with van der Waals surface area (Å²) in [7, 11) is 0. The molecule has 0 radical (unpaired) electrons. The zero-order valence-corrected chi connectivity index (χ0v) is 12.8. The van der Waals surface area contributed by atoms with Gasteiger partial charge in [0.05, 0.1) is 11.1 Å². The Balaban J connectivity index is 1.97. The lowest BCUT2D eigenvalue weighted by Crippen LogP contribution is -2.42. The molecule has 1 fully saturated rings. The summed E-state index contributed by atoms with van der Waals surface area (Å²) in [6, 6.07) is 6.84. The minimum Gasteiger partial charge on any atom is -0.338 e. The molecule has 1 saturated heterocycles. The van der Waals surface area contributed by atoms with Crippen molar-refractivity contribution in [1.82, 2.24) is 9.88 Å². The summed E-state index contributed by atoms with van der Waals surface area (Å²) in [5.74, 6) is -2.89. The first-order chi connectivity index (χ1) is 10.4. The van der Waals surface area contributed by atoms with Gasteiger partial charge in [-0.25, -0.2) is 8.78 Å². The average molecular weight is 325 g/mol. The molecule has 22 heavy (non-hydrogen) atoms. The van der Waals surface area contributed by atoms with Crippen LogP contribution in [0.2, 0.25) is 5.02 Å². The van der Waals surface area contributed by atoms with Crippen LogP contribution in [0.3, 0.4) is 0 Å². The predicted molar refractivity (Wildman–Crippen MR) is 81.6 cm³/mol. The van der Waals surface area contributed by atoms with Crippen molar-refractivity contribution >= 4 is 28.4 Å². The Morgan fingerprint density at radius 1 is 1.27 bits per heavy atom. The van der Waals surface area contributed by atoms with E-state index in [1.807, 2.05) is 0 Å². The number of likely N-dealkylation sites (tertiary alicyclic amines) is 1. The Hall–Kier alpha value is -1.75. The van der Waals surface area contributed by atoms with Crippen molar-refractivity contribution in [2.45, 2.75) is 25.7 Å². The Kier molecular flexibility index (Phi) is 3.77. The van der Waals surface area contributed by atoms with Crippen LogP contribution < -0.4 is 0 Å². The van der Waals surface area contributed by atoms with Gasteiger partial charge in [-0.05, 0) is 25.1 Å². The number of pyridine rings is 1. The third-order valence-corrected chi connectivity index (χ3v) is 4.15. The summed E-state index contributed by atoms with van der Waals surface area (Å²) in [5.41, 5.74) is 1.82. The molecular formula is C16H15ClF2N2O. The molecule has 3 nitrogen and oxygen atoms in total. The minimum absolute atomic E-state index is 0.0717. The van der Waals surface area contributed by atoms with E-state index in [0.29, 0.717) is 27.2 Å². The number of piperidine rings is 1. The number of hydrogen-bond acceptors (Lipinski definition) is 2. The minimum atomic E-state index is -2.67. The fourth-order valence-corrected chi connectivity index (χ4v) is 2.88. The molecule has 1 aromatic heterocycles. The molecule has 1 aliphatic heterocycles. The van der Waals surface area contributed by atoms with Crippen molar-refractivity contribution in [1.29, 1.82) is 0 Å². The highest BCUT2D eigenvalue weighted by atomic mass is 35.5. The molecule has 1 aliphatic rings. The van der Waals surface area contributed by atoms with Gasteiger partial charge in [-0.2, -0.15) is 0 Å². The molecule has 3 rings (SSSR count). The van der Waals surface area contributed by atoms with Crippen molar-refractivity contribution in [3.63, 3.8) is 0 Å². The van der Waals surface area contributed by atoms with E-state index in [1.165, 1.54) is 4.90 Å². The van der Waals surface area contributed by atoms with Crippen LogP contribution in [0, 0.1) is 6.92 Å². The summed E-state index contributed by atoms with van der Waals surface area (Å²) < 4.78 is 26.5. The van der Waals surface area contributed by atoms with E-state index in [4.69, 9.17) is 11.6 Å². The molecule has 0 N–H and O–H groups in total. The molecule has 6 heteroatoms. The summed E-state index contributed by atoms with van der Waals surface area (Å²) in [5, 5.41) is 1.24. The largest absolute Gasteiger partial charge is 0.338 e. The van der Waals surface area contributed by atoms with Crippen molar-refractivity contribution in [3.8, 4) is 0 Å². The van der Waals surface area contributed by atoms with Crippen LogP contribution in [0.5, 0.6) is 0 Å². The zero-order chi connectivity index (χ0) is 15.9. The maximum Gasteiger partial charge on any atom is 0.254 e. The van der Waals surface area contributed by atoms with E-state index in [-0.39, 0.29) is 31.8 Å². The third-order valence-electron chi connectivity index (χ3n) is 3.91. The van der Waals surface area contributed by atoms with Crippen LogP contribution in [-0.2, 0) is 0 Å². The maximum atomic E-state index is 13.2. The summed E-state index contributed by atoms with van der Waals surface area (Å²) in [6.45, 7) is 1.94. The van der Waals surface area contributed by atoms with Crippen LogP contribution in [0.15, 0.2) is 24.3 Å². The monoisotopic (exact) mass is 324 g/mol. The van der Waals surface area contributed by atoms with Crippen LogP contribution >= 0.6 is 11.6 Å². The highest BCUT2D eigenvalue weighted by Crippen LogP contribution is 2.30. The van der Waals surface area contributed by atoms with Gasteiger partial charge in [-0.15, -0.1) is 0 Å². The second kappa shape index (κ2) is 5.47. The number of fused-ring (bicyclic) bond motifs is 1. The van der Waals surface area contributed by atoms with Gasteiger partial charge >= 0.3 is 0 Å². The maximum absolute atomic E-state index is 13.2. The first kappa shape index (κ1) is 15.2. The van der Waals surface area contributed by atoms with Crippen LogP contribution in [0.25, 0.3) is 10.9 Å². The van der Waals surface area contributed by atoms with Gasteiger partial charge in [-0.3, -0.25) is 9.78 Å². The average Bonchev–Trinajstić information content (AvgIpc) is 2.45. The fourth-order valence-electron chi connectivity index (χ4n) is 2.72. The van der Waals surface area contributed by atoms with Gasteiger partial charge in [0.2, 0.25) is 0 Å². The standard InChI is InChI=1S/C16H15ClF2N2O/c1-10-8-13(12-3-2-11(17)9-14(12)20-10)15(22)21-6-4-16(18,19)5-7-21/h2-3,8-9H,4-7H2,1H3. The Bertz CT molecular complexity index is 733. The molecule has 2 aromatic rings. The number of rotatable bonds is 1. The number of amides is 1. The third kappa shape index (κ3) is 2.90. The number of hydrogen-bond donors (Lipinski definition) is 0. The van der Waals surface area contributed by atoms with Gasteiger partial charge in [-0.1, -0.05) is 17.7 Å². The van der Waals surface area contributed by atoms with Crippen LogP contribution in [0.4, 0.5) is 8.78 Å². The molecule has 0 spiro atoms. The normalized spacial score (nSPS) is 17.7. The molecule has 0 saturated carbocycles. The number of nitrogens with zero attached hydrogens (tertiary/aromatic N) is 2. The van der Waals surface area contributed by atoms with Gasteiger partial charge in [0, 0.05) is 42.0 Å². The molecule has 116 valence electrons. The van der Waals surface area contributed by atoms with Crippen molar-refractivity contribution in [2.24, 2.45) is 0 Å². The number of carbonyl (C=O) groups excluding carboxylic acids is 1. The molecule has 0 unspecified atom stereocenters. The van der Waals surface area contributed by atoms with Crippen LogP contribution in [0.1, 0.15) is 28.9 Å². The lowest BCUT2D eigenvalue weighted by Gasteiger charge is -2.32. The van der Waals surface area contributed by atoms with Gasteiger partial charge in [0.1, 0.15) is 0 Å². The van der Waals surface area contributed by atoms with E-state index >= 15 is 0 Å². The molecule has 0 bridgehead atoms. The van der Waals surface area contributed by atoms with E-state index in [9.17, 15) is 13.6 Å². The topological polar surface area (TPSA) is 33.2 Å². The Morgan fingerprint density at radius 2 is 1.95 bits per heavy atom.